The van der Waals surface area contributed by atoms with Gasteiger partial charge in [-0.25, -0.2) is 0 Å². The second kappa shape index (κ2) is 4.68. The van der Waals surface area contributed by atoms with Crippen LogP contribution in [0.25, 0.3) is 0 Å². The number of carbonyl (C=O) groups excluding carboxylic acids is 1. The summed E-state index contributed by atoms with van der Waals surface area (Å²) in [6.45, 7) is 5.28. The molecular formula is C9H9OY-. The van der Waals surface area contributed by atoms with Crippen molar-refractivity contribution in [3.05, 3.63) is 42.3 Å². The number of hydrogen-bond donors (Lipinski definition) is 0. The van der Waals surface area contributed by atoms with Crippen molar-refractivity contribution in [2.75, 3.05) is 0 Å². The Morgan fingerprint density at radius 2 is 1.73 bits per heavy atom. The van der Waals surface area contributed by atoms with Crippen molar-refractivity contribution in [2.24, 2.45) is 0 Å². The molecule has 1 rings (SSSR count). The largest absolute Gasteiger partial charge is 0.332 e. The van der Waals surface area contributed by atoms with Crippen LogP contribution in [0.1, 0.15) is 15.9 Å². The van der Waals surface area contributed by atoms with Crippen LogP contribution in [0.4, 0.5) is 0 Å². The van der Waals surface area contributed by atoms with Gasteiger partial charge in [0, 0.05) is 38.5 Å². The average Bonchev–Trinajstić information content (AvgIpc) is 1.88. The van der Waals surface area contributed by atoms with E-state index in [0.29, 0.717) is 5.56 Å². The molecule has 0 aliphatic rings. The summed E-state index contributed by atoms with van der Waals surface area (Å²) in [4.78, 5) is 10.6. The molecule has 0 fully saturated rings. The minimum absolute atomic E-state index is 0. The Hall–Kier alpha value is -0.136. The van der Waals surface area contributed by atoms with E-state index in [9.17, 15) is 4.79 Å². The van der Waals surface area contributed by atoms with Crippen LogP contribution < -0.4 is 0 Å². The van der Waals surface area contributed by atoms with Crippen molar-refractivity contribution >= 4 is 5.78 Å². The van der Waals surface area contributed by atoms with Gasteiger partial charge < -0.3 is 4.79 Å². The first-order chi connectivity index (χ1) is 4.70. The molecule has 2 heteroatoms. The zero-order valence-corrected chi connectivity index (χ0v) is 9.34. The zero-order chi connectivity index (χ0) is 7.56. The van der Waals surface area contributed by atoms with Crippen LogP contribution in [0.5, 0.6) is 0 Å². The standard InChI is InChI=1S/C9H9O.Y/c1-7-3-5-9(6-4-7)8(2)10;/h3-6H,2H2,1H3;/q-1;. The number of Topliss-reactive ketones (excluding diaryl/α,β-unsaturated/α-hetero) is 1. The molecule has 0 N–H and O–H groups in total. The van der Waals surface area contributed by atoms with Gasteiger partial charge in [-0.2, -0.15) is 6.92 Å². The molecule has 0 spiro atoms. The summed E-state index contributed by atoms with van der Waals surface area (Å²) < 4.78 is 0. The first-order valence-electron chi connectivity index (χ1n) is 3.13. The zero-order valence-electron chi connectivity index (χ0n) is 6.50. The fourth-order valence-electron chi connectivity index (χ4n) is 0.739. The van der Waals surface area contributed by atoms with E-state index < -0.39 is 0 Å². The van der Waals surface area contributed by atoms with Gasteiger partial charge in [-0.05, 0) is 6.92 Å². The van der Waals surface area contributed by atoms with Crippen molar-refractivity contribution in [3.8, 4) is 0 Å². The molecule has 0 aromatic heterocycles. The predicted molar refractivity (Wildman–Crippen MR) is 40.9 cm³/mol. The first-order valence-corrected chi connectivity index (χ1v) is 3.13. The van der Waals surface area contributed by atoms with Gasteiger partial charge in [0.25, 0.3) is 0 Å². The van der Waals surface area contributed by atoms with Crippen molar-refractivity contribution in [3.63, 3.8) is 0 Å². The molecule has 0 aliphatic heterocycles. The third kappa shape index (κ3) is 3.17. The second-order valence-electron chi connectivity index (χ2n) is 2.29. The topological polar surface area (TPSA) is 17.1 Å². The van der Waals surface area contributed by atoms with Crippen LogP contribution in [0.3, 0.4) is 0 Å². The molecule has 1 aromatic rings. The maximum absolute atomic E-state index is 10.6. The molecule has 0 saturated carbocycles. The Balaban J connectivity index is 0.000001000. The van der Waals surface area contributed by atoms with E-state index in [1.807, 2.05) is 19.1 Å². The van der Waals surface area contributed by atoms with E-state index in [1.165, 1.54) is 0 Å². The summed E-state index contributed by atoms with van der Waals surface area (Å²) in [5, 5.41) is 0. The molecule has 55 valence electrons. The van der Waals surface area contributed by atoms with E-state index in [0.717, 1.165) is 5.56 Å². The van der Waals surface area contributed by atoms with Gasteiger partial charge in [0.15, 0.2) is 0 Å². The Labute approximate surface area is 92.1 Å². The minimum atomic E-state index is -0.125. The van der Waals surface area contributed by atoms with Crippen LogP contribution >= 0.6 is 0 Å². The Morgan fingerprint density at radius 3 is 2.09 bits per heavy atom. The number of carbonyl (C=O) groups is 1. The third-order valence-electron chi connectivity index (χ3n) is 1.37. The van der Waals surface area contributed by atoms with Gasteiger partial charge >= 0.3 is 0 Å². The third-order valence-corrected chi connectivity index (χ3v) is 1.37. The summed E-state index contributed by atoms with van der Waals surface area (Å²) in [5.74, 6) is -0.125. The Morgan fingerprint density at radius 1 is 1.27 bits per heavy atom. The number of hydrogen-bond acceptors (Lipinski definition) is 1. The van der Waals surface area contributed by atoms with Gasteiger partial charge in [0.2, 0.25) is 0 Å². The fourth-order valence-corrected chi connectivity index (χ4v) is 0.739. The summed E-state index contributed by atoms with van der Waals surface area (Å²) in [7, 11) is 0. The monoisotopic (exact) mass is 222 g/mol. The molecule has 1 aromatic carbocycles. The van der Waals surface area contributed by atoms with Gasteiger partial charge in [-0.15, -0.1) is 17.7 Å². The predicted octanol–water partition coefficient (Wildman–Crippen LogP) is 2.01. The van der Waals surface area contributed by atoms with E-state index in [4.69, 9.17) is 0 Å². The van der Waals surface area contributed by atoms with Crippen LogP contribution in [-0.4, -0.2) is 5.78 Å². The Kier molecular flexibility index (Phi) is 4.63. The molecule has 11 heavy (non-hydrogen) atoms. The van der Waals surface area contributed by atoms with Crippen LogP contribution in [0, 0.1) is 13.8 Å². The molecule has 0 atom stereocenters. The van der Waals surface area contributed by atoms with Crippen molar-refractivity contribution in [2.45, 2.75) is 6.92 Å². The molecule has 0 amide bonds. The van der Waals surface area contributed by atoms with E-state index >= 15 is 0 Å². The van der Waals surface area contributed by atoms with Crippen LogP contribution in [-0.2, 0) is 32.7 Å². The molecule has 0 saturated heterocycles. The molecule has 0 aliphatic carbocycles. The number of benzene rings is 1. The van der Waals surface area contributed by atoms with Crippen LogP contribution in [0.15, 0.2) is 24.3 Å². The van der Waals surface area contributed by atoms with Gasteiger partial charge in [0.1, 0.15) is 0 Å². The normalized spacial score (nSPS) is 8.45. The van der Waals surface area contributed by atoms with Crippen molar-refractivity contribution in [1.82, 2.24) is 0 Å². The maximum Gasteiger partial charge on any atom is 0.0215 e. The fraction of sp³-hybridized carbons (Fsp3) is 0.111. The molecule has 0 bridgehead atoms. The number of rotatable bonds is 1. The van der Waals surface area contributed by atoms with Gasteiger partial charge in [-0.3, -0.25) is 0 Å². The average molecular weight is 222 g/mol. The minimum Gasteiger partial charge on any atom is -0.332 e. The smallest absolute Gasteiger partial charge is 0.0215 e. The number of ketones is 1. The van der Waals surface area contributed by atoms with E-state index in [-0.39, 0.29) is 38.5 Å². The quantitative estimate of drug-likeness (QED) is 0.524. The van der Waals surface area contributed by atoms with E-state index in [2.05, 4.69) is 6.92 Å². The SMILES string of the molecule is [CH2-]C(=O)c1ccc(C)cc1.[Y]. The number of aryl methyl sites for hydroxylation is 1. The summed E-state index contributed by atoms with van der Waals surface area (Å²) in [6, 6.07) is 7.37. The molecule has 1 nitrogen and oxygen atoms in total. The van der Waals surface area contributed by atoms with Gasteiger partial charge in [-0.1, -0.05) is 17.7 Å². The van der Waals surface area contributed by atoms with Crippen molar-refractivity contribution < 1.29 is 37.5 Å². The second-order valence-corrected chi connectivity index (χ2v) is 2.29. The van der Waals surface area contributed by atoms with E-state index in [1.54, 1.807) is 12.1 Å². The van der Waals surface area contributed by atoms with Crippen LogP contribution in [0.2, 0.25) is 0 Å². The Bertz CT molecular complexity index is 238. The first kappa shape index (κ1) is 10.9. The molecule has 1 radical (unpaired) electrons. The summed E-state index contributed by atoms with van der Waals surface area (Å²) in [6.07, 6.45) is 0. The maximum atomic E-state index is 10.6. The molecular weight excluding hydrogens is 213 g/mol. The van der Waals surface area contributed by atoms with Crippen molar-refractivity contribution in [1.29, 1.82) is 0 Å². The summed E-state index contributed by atoms with van der Waals surface area (Å²) >= 11 is 0. The molecule has 0 unspecified atom stereocenters. The molecule has 0 heterocycles. The van der Waals surface area contributed by atoms with Gasteiger partial charge in [0.05, 0.1) is 0 Å². The summed E-state index contributed by atoms with van der Waals surface area (Å²) in [5.41, 5.74) is 1.83.